The maximum atomic E-state index is 10.5. The van der Waals surface area contributed by atoms with Crippen molar-refractivity contribution in [2.24, 2.45) is 0 Å². The first-order chi connectivity index (χ1) is 5.20. The van der Waals surface area contributed by atoms with E-state index in [9.17, 15) is 4.79 Å². The second-order valence-electron chi connectivity index (χ2n) is 2.31. The fourth-order valence-electron chi connectivity index (χ4n) is 0.730. The van der Waals surface area contributed by atoms with Crippen molar-refractivity contribution in [3.63, 3.8) is 0 Å². The van der Waals surface area contributed by atoms with Crippen LogP contribution < -0.4 is 0 Å². The first-order valence-corrected chi connectivity index (χ1v) is 3.38. The summed E-state index contributed by atoms with van der Waals surface area (Å²) >= 11 is 0. The zero-order valence-corrected chi connectivity index (χ0v) is 6.61. The number of aromatic nitrogens is 2. The molecule has 1 aromatic heterocycles. The highest BCUT2D eigenvalue weighted by molar-refractivity contribution is 5.89. The van der Waals surface area contributed by atoms with Crippen molar-refractivity contribution in [1.82, 2.24) is 9.55 Å². The Morgan fingerprint density at radius 1 is 1.73 bits per heavy atom. The van der Waals surface area contributed by atoms with Gasteiger partial charge in [0, 0.05) is 18.6 Å². The molecule has 0 saturated heterocycles. The second-order valence-corrected chi connectivity index (χ2v) is 2.31. The van der Waals surface area contributed by atoms with E-state index < -0.39 is 0 Å². The lowest BCUT2D eigenvalue weighted by Crippen LogP contribution is -1.89. The molecule has 0 aromatic carbocycles. The van der Waals surface area contributed by atoms with Gasteiger partial charge in [-0.1, -0.05) is 0 Å². The van der Waals surface area contributed by atoms with Crippen LogP contribution >= 0.6 is 0 Å². The maximum absolute atomic E-state index is 10.5. The minimum Gasteiger partial charge on any atom is -0.311 e. The second kappa shape index (κ2) is 3.14. The molecule has 0 aliphatic rings. The van der Waals surface area contributed by atoms with Gasteiger partial charge in [0.05, 0.1) is 0 Å². The van der Waals surface area contributed by atoms with Crippen LogP contribution in [0.5, 0.6) is 0 Å². The third-order valence-electron chi connectivity index (χ3n) is 1.33. The monoisotopic (exact) mass is 150 g/mol. The number of rotatable bonds is 2. The average Bonchev–Trinajstić information content (AvgIpc) is 2.31. The number of allylic oxidation sites excluding steroid dienone is 1. The number of hydrogen-bond acceptors (Lipinski definition) is 2. The molecule has 1 aromatic rings. The molecule has 0 radical (unpaired) electrons. The van der Waals surface area contributed by atoms with Gasteiger partial charge in [0.25, 0.3) is 0 Å². The number of carbonyl (C=O) groups is 1. The van der Waals surface area contributed by atoms with Gasteiger partial charge in [-0.05, 0) is 19.9 Å². The average molecular weight is 150 g/mol. The SMILES string of the molecule is CC(=O)/C=C/n1ccnc1C. The van der Waals surface area contributed by atoms with Crippen LogP contribution in [-0.4, -0.2) is 15.3 Å². The molecule has 1 heterocycles. The van der Waals surface area contributed by atoms with Gasteiger partial charge in [0.2, 0.25) is 0 Å². The summed E-state index contributed by atoms with van der Waals surface area (Å²) in [5.41, 5.74) is 0. The quantitative estimate of drug-likeness (QED) is 0.595. The fourth-order valence-corrected chi connectivity index (χ4v) is 0.730. The smallest absolute Gasteiger partial charge is 0.154 e. The first kappa shape index (κ1) is 7.72. The van der Waals surface area contributed by atoms with Crippen LogP contribution in [0.3, 0.4) is 0 Å². The van der Waals surface area contributed by atoms with Gasteiger partial charge in [-0.3, -0.25) is 4.79 Å². The van der Waals surface area contributed by atoms with E-state index in [2.05, 4.69) is 4.98 Å². The van der Waals surface area contributed by atoms with Gasteiger partial charge in [0.1, 0.15) is 5.82 Å². The fraction of sp³-hybridized carbons (Fsp3) is 0.250. The first-order valence-electron chi connectivity index (χ1n) is 3.38. The Hall–Kier alpha value is -1.38. The molecular formula is C8H10N2O. The Kier molecular flexibility index (Phi) is 2.21. The molecule has 0 bridgehead atoms. The molecule has 3 heteroatoms. The van der Waals surface area contributed by atoms with Crippen LogP contribution in [0, 0.1) is 6.92 Å². The summed E-state index contributed by atoms with van der Waals surface area (Å²) in [6.45, 7) is 3.40. The number of nitrogens with zero attached hydrogens (tertiary/aromatic N) is 2. The van der Waals surface area contributed by atoms with E-state index in [0.717, 1.165) is 5.82 Å². The Labute approximate surface area is 65.4 Å². The van der Waals surface area contributed by atoms with E-state index in [1.165, 1.54) is 13.0 Å². The molecule has 3 nitrogen and oxygen atoms in total. The van der Waals surface area contributed by atoms with Gasteiger partial charge >= 0.3 is 0 Å². The van der Waals surface area contributed by atoms with E-state index in [0.29, 0.717) is 0 Å². The van der Waals surface area contributed by atoms with Gasteiger partial charge < -0.3 is 4.57 Å². The van der Waals surface area contributed by atoms with E-state index in [1.807, 2.05) is 6.92 Å². The Balaban J connectivity index is 2.79. The predicted octanol–water partition coefficient (Wildman–Crippen LogP) is 1.25. The summed E-state index contributed by atoms with van der Waals surface area (Å²) in [5.74, 6) is 0.917. The van der Waals surface area contributed by atoms with Crippen LogP contribution in [0.25, 0.3) is 6.20 Å². The Morgan fingerprint density at radius 2 is 2.45 bits per heavy atom. The highest BCUT2D eigenvalue weighted by Gasteiger charge is 1.90. The van der Waals surface area contributed by atoms with Crippen LogP contribution in [-0.2, 0) is 4.79 Å². The molecule has 0 aliphatic heterocycles. The third-order valence-corrected chi connectivity index (χ3v) is 1.33. The normalized spacial score (nSPS) is 10.7. The predicted molar refractivity (Wildman–Crippen MR) is 43.0 cm³/mol. The number of ketones is 1. The third kappa shape index (κ3) is 2.04. The van der Waals surface area contributed by atoms with Gasteiger partial charge in [-0.25, -0.2) is 4.98 Å². The highest BCUT2D eigenvalue weighted by Crippen LogP contribution is 1.95. The molecule has 0 unspecified atom stereocenters. The van der Waals surface area contributed by atoms with Gasteiger partial charge in [0.15, 0.2) is 5.78 Å². The lowest BCUT2D eigenvalue weighted by Gasteiger charge is -1.92. The lowest BCUT2D eigenvalue weighted by atomic mass is 10.4. The minimum absolute atomic E-state index is 0.0399. The lowest BCUT2D eigenvalue weighted by molar-refractivity contribution is -0.112. The van der Waals surface area contributed by atoms with Crippen LogP contribution in [0.2, 0.25) is 0 Å². The van der Waals surface area contributed by atoms with Crippen molar-refractivity contribution in [3.8, 4) is 0 Å². The minimum atomic E-state index is 0.0399. The summed E-state index contributed by atoms with van der Waals surface area (Å²) in [5, 5.41) is 0. The summed E-state index contributed by atoms with van der Waals surface area (Å²) in [6.07, 6.45) is 6.70. The van der Waals surface area contributed by atoms with Gasteiger partial charge in [-0.2, -0.15) is 0 Å². The molecule has 0 amide bonds. The molecule has 58 valence electrons. The van der Waals surface area contributed by atoms with E-state index >= 15 is 0 Å². The number of carbonyl (C=O) groups excluding carboxylic acids is 1. The van der Waals surface area contributed by atoms with E-state index in [1.54, 1.807) is 23.2 Å². The van der Waals surface area contributed by atoms with E-state index in [4.69, 9.17) is 0 Å². The topological polar surface area (TPSA) is 34.9 Å². The zero-order valence-electron chi connectivity index (χ0n) is 6.61. The van der Waals surface area contributed by atoms with E-state index in [-0.39, 0.29) is 5.78 Å². The van der Waals surface area contributed by atoms with Crippen LogP contribution in [0.4, 0.5) is 0 Å². The summed E-state index contributed by atoms with van der Waals surface area (Å²) in [6, 6.07) is 0. The molecule has 1 rings (SSSR count). The van der Waals surface area contributed by atoms with Crippen molar-refractivity contribution >= 4 is 12.0 Å². The number of aryl methyl sites for hydroxylation is 1. The van der Waals surface area contributed by atoms with Crippen LogP contribution in [0.15, 0.2) is 18.5 Å². The number of imidazole rings is 1. The standard InChI is InChI=1S/C8H10N2O/c1-7(11)3-5-10-6-4-9-8(10)2/h3-6H,1-2H3/b5-3+. The molecule has 0 aliphatic carbocycles. The molecule has 0 atom stereocenters. The van der Waals surface area contributed by atoms with Crippen molar-refractivity contribution in [3.05, 3.63) is 24.3 Å². The Bertz CT molecular complexity index is 286. The van der Waals surface area contributed by atoms with Crippen molar-refractivity contribution < 1.29 is 4.79 Å². The molecule has 0 fully saturated rings. The molecule has 0 spiro atoms. The largest absolute Gasteiger partial charge is 0.311 e. The number of hydrogen-bond donors (Lipinski definition) is 0. The molecule has 0 saturated carbocycles. The maximum Gasteiger partial charge on any atom is 0.154 e. The van der Waals surface area contributed by atoms with Crippen LogP contribution in [0.1, 0.15) is 12.7 Å². The summed E-state index contributed by atoms with van der Waals surface area (Å²) in [7, 11) is 0. The van der Waals surface area contributed by atoms with Crippen molar-refractivity contribution in [1.29, 1.82) is 0 Å². The highest BCUT2D eigenvalue weighted by atomic mass is 16.1. The van der Waals surface area contributed by atoms with Crippen molar-refractivity contribution in [2.45, 2.75) is 13.8 Å². The molecule has 0 N–H and O–H groups in total. The zero-order chi connectivity index (χ0) is 8.27. The van der Waals surface area contributed by atoms with Gasteiger partial charge in [-0.15, -0.1) is 0 Å². The molecule has 11 heavy (non-hydrogen) atoms. The summed E-state index contributed by atoms with van der Waals surface area (Å²) < 4.78 is 1.79. The summed E-state index contributed by atoms with van der Waals surface area (Å²) in [4.78, 5) is 14.5. The van der Waals surface area contributed by atoms with Crippen molar-refractivity contribution in [2.75, 3.05) is 0 Å². The molecular weight excluding hydrogens is 140 g/mol. The Morgan fingerprint density at radius 3 is 2.91 bits per heavy atom.